The Balaban J connectivity index is 2.08. The largest absolute Gasteiger partial charge is 0.321 e. The summed E-state index contributed by atoms with van der Waals surface area (Å²) in [6.45, 7) is 0. The van der Waals surface area contributed by atoms with Gasteiger partial charge < -0.3 is 5.73 Å². The molecule has 66 valence electrons. The number of halogens is 2. The number of aromatic amines is 1. The lowest BCUT2D eigenvalue weighted by atomic mass is 10.2. The Bertz CT molecular complexity index is 271. The molecule has 1 aromatic rings. The zero-order valence-corrected chi connectivity index (χ0v) is 6.17. The van der Waals surface area contributed by atoms with Crippen LogP contribution in [0.3, 0.4) is 0 Å². The summed E-state index contributed by atoms with van der Waals surface area (Å²) in [7, 11) is 0. The zero-order valence-electron chi connectivity index (χ0n) is 6.17. The summed E-state index contributed by atoms with van der Waals surface area (Å²) in [6, 6.07) is -0.720. The Kier molecular flexibility index (Phi) is 1.41. The van der Waals surface area contributed by atoms with Crippen LogP contribution in [0.25, 0.3) is 0 Å². The molecule has 0 aromatic carbocycles. The van der Waals surface area contributed by atoms with Gasteiger partial charge in [0.15, 0.2) is 0 Å². The maximum atomic E-state index is 12.5. The molecule has 0 saturated heterocycles. The van der Waals surface area contributed by atoms with Crippen LogP contribution >= 0.6 is 0 Å². The number of aromatic nitrogens is 3. The fourth-order valence-electron chi connectivity index (χ4n) is 1.19. The molecule has 0 aliphatic heterocycles. The summed E-state index contributed by atoms with van der Waals surface area (Å²) in [5.74, 6) is -3.05. The highest BCUT2D eigenvalue weighted by Crippen LogP contribution is 2.53. The van der Waals surface area contributed by atoms with Gasteiger partial charge in [0.05, 0.1) is 12.0 Å². The van der Waals surface area contributed by atoms with Crippen LogP contribution < -0.4 is 5.73 Å². The van der Waals surface area contributed by atoms with Crippen molar-refractivity contribution in [3.63, 3.8) is 0 Å². The average molecular weight is 174 g/mol. The van der Waals surface area contributed by atoms with Gasteiger partial charge >= 0.3 is 0 Å². The van der Waals surface area contributed by atoms with Crippen LogP contribution in [0.1, 0.15) is 18.3 Å². The molecule has 2 atom stereocenters. The van der Waals surface area contributed by atoms with Crippen LogP contribution in [0.2, 0.25) is 0 Å². The highest BCUT2D eigenvalue weighted by molar-refractivity contribution is 5.07. The third-order valence-electron chi connectivity index (χ3n) is 2.06. The number of H-pyrrole nitrogens is 1. The van der Waals surface area contributed by atoms with E-state index in [2.05, 4.69) is 15.2 Å². The lowest BCUT2D eigenvalue weighted by Gasteiger charge is -2.05. The van der Waals surface area contributed by atoms with Crippen LogP contribution in [0, 0.1) is 5.92 Å². The van der Waals surface area contributed by atoms with E-state index in [1.807, 2.05) is 0 Å². The van der Waals surface area contributed by atoms with Crippen molar-refractivity contribution in [3.8, 4) is 0 Å². The van der Waals surface area contributed by atoms with Gasteiger partial charge in [-0.3, -0.25) is 5.10 Å². The lowest BCUT2D eigenvalue weighted by molar-refractivity contribution is 0.0925. The fraction of sp³-hybridized carbons (Fsp3) is 0.667. The molecule has 1 heterocycles. The van der Waals surface area contributed by atoms with Gasteiger partial charge in [0, 0.05) is 6.42 Å². The Morgan fingerprint density at radius 1 is 1.75 bits per heavy atom. The second-order valence-electron chi connectivity index (χ2n) is 2.97. The van der Waals surface area contributed by atoms with Crippen molar-refractivity contribution >= 4 is 0 Å². The summed E-state index contributed by atoms with van der Waals surface area (Å²) in [5.41, 5.74) is 5.51. The maximum absolute atomic E-state index is 12.5. The predicted octanol–water partition coefficient (Wildman–Crippen LogP) is 0.460. The molecule has 0 bridgehead atoms. The minimum absolute atomic E-state index is 0.144. The number of nitrogens with one attached hydrogen (secondary N) is 1. The molecular weight excluding hydrogens is 166 g/mol. The molecule has 1 aliphatic carbocycles. The number of nitrogens with zero attached hydrogens (tertiary/aromatic N) is 2. The van der Waals surface area contributed by atoms with Gasteiger partial charge in [-0.1, -0.05) is 0 Å². The van der Waals surface area contributed by atoms with Crippen molar-refractivity contribution in [2.45, 2.75) is 18.4 Å². The number of alkyl halides is 2. The third-order valence-corrected chi connectivity index (χ3v) is 2.06. The average Bonchev–Trinajstić information content (AvgIpc) is 2.56. The molecule has 6 heteroatoms. The van der Waals surface area contributed by atoms with Gasteiger partial charge in [-0.05, 0) is 0 Å². The summed E-state index contributed by atoms with van der Waals surface area (Å²) in [5, 5.41) is 6.02. The SMILES string of the molecule is NC(c1ncn[nH]1)C1CC1(F)F. The first-order valence-electron chi connectivity index (χ1n) is 3.60. The number of nitrogens with two attached hydrogens (primary N) is 1. The Hall–Kier alpha value is -1.04. The molecule has 2 rings (SSSR count). The summed E-state index contributed by atoms with van der Waals surface area (Å²) >= 11 is 0. The fourth-order valence-corrected chi connectivity index (χ4v) is 1.19. The van der Waals surface area contributed by atoms with Gasteiger partial charge in [-0.25, -0.2) is 13.8 Å². The molecule has 12 heavy (non-hydrogen) atoms. The normalized spacial score (nSPS) is 28.4. The molecule has 2 unspecified atom stereocenters. The van der Waals surface area contributed by atoms with E-state index in [4.69, 9.17) is 5.73 Å². The van der Waals surface area contributed by atoms with Gasteiger partial charge in [-0.15, -0.1) is 0 Å². The monoisotopic (exact) mass is 174 g/mol. The molecular formula is C6H8F2N4. The molecule has 0 spiro atoms. The van der Waals surface area contributed by atoms with E-state index in [9.17, 15) is 8.78 Å². The van der Waals surface area contributed by atoms with Gasteiger partial charge in [0.1, 0.15) is 12.2 Å². The van der Waals surface area contributed by atoms with Crippen LogP contribution in [0.5, 0.6) is 0 Å². The smallest absolute Gasteiger partial charge is 0.253 e. The zero-order chi connectivity index (χ0) is 8.77. The van der Waals surface area contributed by atoms with Crippen molar-refractivity contribution in [1.29, 1.82) is 0 Å². The molecule has 1 fully saturated rings. The lowest BCUT2D eigenvalue weighted by Crippen LogP contribution is -2.17. The highest BCUT2D eigenvalue weighted by Gasteiger charge is 2.60. The van der Waals surface area contributed by atoms with E-state index in [0.29, 0.717) is 5.82 Å². The first-order chi connectivity index (χ1) is 5.61. The van der Waals surface area contributed by atoms with Crippen molar-refractivity contribution < 1.29 is 8.78 Å². The van der Waals surface area contributed by atoms with E-state index in [-0.39, 0.29) is 6.42 Å². The van der Waals surface area contributed by atoms with Gasteiger partial charge in [0.25, 0.3) is 5.92 Å². The summed E-state index contributed by atoms with van der Waals surface area (Å²) in [4.78, 5) is 3.72. The van der Waals surface area contributed by atoms with E-state index in [0.717, 1.165) is 0 Å². The standard InChI is InChI=1S/C6H8F2N4/c7-6(8)1-3(6)4(9)5-10-2-11-12-5/h2-4H,1,9H2,(H,10,11,12). The quantitative estimate of drug-likeness (QED) is 0.684. The Morgan fingerprint density at radius 3 is 2.83 bits per heavy atom. The summed E-state index contributed by atoms with van der Waals surface area (Å²) < 4.78 is 25.0. The molecule has 3 N–H and O–H groups in total. The second kappa shape index (κ2) is 2.22. The van der Waals surface area contributed by atoms with E-state index < -0.39 is 17.9 Å². The van der Waals surface area contributed by atoms with Gasteiger partial charge in [0.2, 0.25) is 0 Å². The Labute approximate surface area is 67.2 Å². The predicted molar refractivity (Wildman–Crippen MR) is 36.4 cm³/mol. The van der Waals surface area contributed by atoms with E-state index in [1.54, 1.807) is 0 Å². The van der Waals surface area contributed by atoms with Crippen LogP contribution in [-0.4, -0.2) is 21.1 Å². The Morgan fingerprint density at radius 2 is 2.42 bits per heavy atom. The molecule has 1 aliphatic rings. The summed E-state index contributed by atoms with van der Waals surface area (Å²) in [6.07, 6.45) is 1.12. The molecule has 0 amide bonds. The highest BCUT2D eigenvalue weighted by atomic mass is 19.3. The van der Waals surface area contributed by atoms with Crippen molar-refractivity contribution in [3.05, 3.63) is 12.2 Å². The first kappa shape index (κ1) is 7.60. The minimum Gasteiger partial charge on any atom is -0.321 e. The topological polar surface area (TPSA) is 67.6 Å². The molecule has 1 saturated carbocycles. The minimum atomic E-state index is -2.60. The van der Waals surface area contributed by atoms with Crippen molar-refractivity contribution in [2.75, 3.05) is 0 Å². The van der Waals surface area contributed by atoms with Crippen LogP contribution in [0.4, 0.5) is 8.78 Å². The van der Waals surface area contributed by atoms with Crippen molar-refractivity contribution in [1.82, 2.24) is 15.2 Å². The molecule has 4 nitrogen and oxygen atoms in total. The maximum Gasteiger partial charge on any atom is 0.253 e. The van der Waals surface area contributed by atoms with Gasteiger partial charge in [-0.2, -0.15) is 5.10 Å². The van der Waals surface area contributed by atoms with Crippen molar-refractivity contribution in [2.24, 2.45) is 11.7 Å². The van der Waals surface area contributed by atoms with E-state index in [1.165, 1.54) is 6.33 Å². The second-order valence-corrected chi connectivity index (χ2v) is 2.97. The first-order valence-corrected chi connectivity index (χ1v) is 3.60. The number of hydrogen-bond donors (Lipinski definition) is 2. The van der Waals surface area contributed by atoms with Crippen LogP contribution in [0.15, 0.2) is 6.33 Å². The van der Waals surface area contributed by atoms with Crippen LogP contribution in [-0.2, 0) is 0 Å². The molecule has 1 aromatic heterocycles. The number of hydrogen-bond acceptors (Lipinski definition) is 3. The molecule has 0 radical (unpaired) electrons. The number of rotatable bonds is 2. The van der Waals surface area contributed by atoms with E-state index >= 15 is 0 Å². The third kappa shape index (κ3) is 1.08.